The molecule has 6 nitrogen and oxygen atoms in total. The summed E-state index contributed by atoms with van der Waals surface area (Å²) < 4.78 is 14.2. The molecule has 0 spiro atoms. The summed E-state index contributed by atoms with van der Waals surface area (Å²) in [5.41, 5.74) is 2.82. The van der Waals surface area contributed by atoms with Gasteiger partial charge in [0.25, 0.3) is 0 Å². The van der Waals surface area contributed by atoms with E-state index in [1.165, 1.54) is 18.5 Å². The maximum atomic E-state index is 13.7. The lowest BCUT2D eigenvalue weighted by molar-refractivity contribution is 0.631. The summed E-state index contributed by atoms with van der Waals surface area (Å²) in [7, 11) is 0. The molecule has 0 aliphatic heterocycles. The van der Waals surface area contributed by atoms with Gasteiger partial charge in [-0.15, -0.1) is 0 Å². The zero-order valence-corrected chi connectivity index (χ0v) is 11.1. The van der Waals surface area contributed by atoms with Crippen LogP contribution >= 0.6 is 15.9 Å². The van der Waals surface area contributed by atoms with Gasteiger partial charge in [-0.25, -0.2) is 20.2 Å². The molecule has 2 rings (SSSR count). The zero-order chi connectivity index (χ0) is 13.8. The molecule has 0 saturated heterocycles. The van der Waals surface area contributed by atoms with Gasteiger partial charge in [0.15, 0.2) is 5.82 Å². The maximum Gasteiger partial charge on any atom is 0.159 e. The fraction of sp³-hybridized carbons (Fsp3) is 0. The van der Waals surface area contributed by atoms with Crippen LogP contribution < -0.4 is 16.6 Å². The first kappa shape index (κ1) is 13.2. The lowest BCUT2D eigenvalue weighted by atomic mass is 10.2. The van der Waals surface area contributed by atoms with Crippen molar-refractivity contribution in [1.82, 2.24) is 9.97 Å². The Labute approximate surface area is 116 Å². The number of aromatic nitrogens is 2. The molecule has 2 aromatic rings. The first-order valence-electron chi connectivity index (χ1n) is 5.09. The van der Waals surface area contributed by atoms with E-state index in [1.54, 1.807) is 0 Å². The Balaban J connectivity index is 2.34. The molecular weight excluding hydrogens is 315 g/mol. The van der Waals surface area contributed by atoms with Crippen LogP contribution in [-0.2, 0) is 0 Å². The Bertz CT molecular complexity index is 654. The van der Waals surface area contributed by atoms with E-state index in [-0.39, 0.29) is 11.3 Å². The van der Waals surface area contributed by atoms with Crippen molar-refractivity contribution in [3.63, 3.8) is 0 Å². The van der Waals surface area contributed by atoms with Gasteiger partial charge in [-0.3, -0.25) is 0 Å². The van der Waals surface area contributed by atoms with Crippen LogP contribution in [0.25, 0.3) is 0 Å². The molecule has 0 bridgehead atoms. The van der Waals surface area contributed by atoms with Gasteiger partial charge < -0.3 is 10.7 Å². The number of nitrogens with two attached hydrogens (primary N) is 1. The predicted octanol–water partition coefficient (Wildman–Crippen LogP) is 2.28. The molecule has 0 radical (unpaired) electrons. The summed E-state index contributed by atoms with van der Waals surface area (Å²) in [6.07, 6.45) is 1.28. The Hall–Kier alpha value is -2.24. The number of hydrogen-bond donors (Lipinski definition) is 3. The minimum atomic E-state index is -0.549. The third-order valence-corrected chi connectivity index (χ3v) is 3.03. The van der Waals surface area contributed by atoms with E-state index < -0.39 is 5.82 Å². The van der Waals surface area contributed by atoms with Crippen molar-refractivity contribution >= 4 is 33.3 Å². The van der Waals surface area contributed by atoms with E-state index in [1.807, 2.05) is 6.07 Å². The molecule has 0 aliphatic rings. The zero-order valence-electron chi connectivity index (χ0n) is 9.48. The second-order valence-electron chi connectivity index (χ2n) is 3.46. The SMILES string of the molecule is N#Cc1ccc(Nc2ncnc(NN)c2Br)c(F)c1. The van der Waals surface area contributed by atoms with Gasteiger partial charge in [0.05, 0.1) is 17.3 Å². The standard InChI is InChI=1S/C11H8BrFN6/c12-9-10(16-5-17-11(9)19-15)18-8-2-1-6(4-14)3-7(8)13/h1-3,5H,15H2,(H2,16,17,18,19). The molecule has 0 fully saturated rings. The number of nitriles is 1. The number of benzene rings is 1. The molecule has 1 heterocycles. The van der Waals surface area contributed by atoms with Crippen LogP contribution in [0.4, 0.5) is 21.7 Å². The number of halogens is 2. The van der Waals surface area contributed by atoms with E-state index in [4.69, 9.17) is 11.1 Å². The largest absolute Gasteiger partial charge is 0.337 e. The highest BCUT2D eigenvalue weighted by atomic mass is 79.9. The summed E-state index contributed by atoms with van der Waals surface area (Å²) in [6, 6.07) is 5.96. The number of nitrogens with one attached hydrogen (secondary N) is 2. The second kappa shape index (κ2) is 5.60. The minimum absolute atomic E-state index is 0.196. The number of anilines is 3. The van der Waals surface area contributed by atoms with Crippen LogP contribution in [-0.4, -0.2) is 9.97 Å². The van der Waals surface area contributed by atoms with Gasteiger partial charge in [-0.2, -0.15) is 5.26 Å². The molecule has 0 atom stereocenters. The number of nitrogens with zero attached hydrogens (tertiary/aromatic N) is 3. The maximum absolute atomic E-state index is 13.7. The smallest absolute Gasteiger partial charge is 0.159 e. The minimum Gasteiger partial charge on any atom is -0.337 e. The second-order valence-corrected chi connectivity index (χ2v) is 4.25. The topological polar surface area (TPSA) is 99.6 Å². The van der Waals surface area contributed by atoms with Crippen LogP contribution in [0.2, 0.25) is 0 Å². The van der Waals surface area contributed by atoms with Crippen molar-refractivity contribution in [3.05, 3.63) is 40.4 Å². The van der Waals surface area contributed by atoms with E-state index in [2.05, 4.69) is 36.6 Å². The van der Waals surface area contributed by atoms with E-state index in [0.717, 1.165) is 6.07 Å². The fourth-order valence-corrected chi connectivity index (χ4v) is 1.79. The first-order valence-corrected chi connectivity index (χ1v) is 5.88. The average molecular weight is 323 g/mol. The normalized spacial score (nSPS) is 9.79. The van der Waals surface area contributed by atoms with E-state index in [9.17, 15) is 4.39 Å². The van der Waals surface area contributed by atoms with Gasteiger partial charge in [0, 0.05) is 0 Å². The molecular formula is C11H8BrFN6. The lowest BCUT2D eigenvalue weighted by Crippen LogP contribution is -2.10. The molecule has 8 heteroatoms. The Morgan fingerprint density at radius 1 is 1.32 bits per heavy atom. The monoisotopic (exact) mass is 322 g/mol. The van der Waals surface area contributed by atoms with Crippen LogP contribution in [0.15, 0.2) is 29.0 Å². The van der Waals surface area contributed by atoms with Gasteiger partial charge in [-0.1, -0.05) is 0 Å². The number of rotatable bonds is 3. The van der Waals surface area contributed by atoms with Gasteiger partial charge in [0.2, 0.25) is 0 Å². The van der Waals surface area contributed by atoms with Crippen molar-refractivity contribution in [2.45, 2.75) is 0 Å². The van der Waals surface area contributed by atoms with Crippen molar-refractivity contribution in [3.8, 4) is 6.07 Å². The summed E-state index contributed by atoms with van der Waals surface area (Å²) in [5, 5.41) is 11.5. The third-order valence-electron chi connectivity index (χ3n) is 2.28. The number of nitrogen functional groups attached to an aromatic ring is 1. The highest BCUT2D eigenvalue weighted by Crippen LogP contribution is 2.29. The van der Waals surface area contributed by atoms with Gasteiger partial charge in [0.1, 0.15) is 22.4 Å². The third kappa shape index (κ3) is 2.78. The molecule has 0 amide bonds. The van der Waals surface area contributed by atoms with Crippen molar-refractivity contribution in [1.29, 1.82) is 5.26 Å². The van der Waals surface area contributed by atoms with Gasteiger partial charge >= 0.3 is 0 Å². The molecule has 0 saturated carbocycles. The predicted molar refractivity (Wildman–Crippen MR) is 71.9 cm³/mol. The van der Waals surface area contributed by atoms with E-state index in [0.29, 0.717) is 16.1 Å². The van der Waals surface area contributed by atoms with Crippen molar-refractivity contribution in [2.75, 3.05) is 10.7 Å². The Kier molecular flexibility index (Phi) is 3.89. The van der Waals surface area contributed by atoms with Gasteiger partial charge in [-0.05, 0) is 34.1 Å². The summed E-state index contributed by atoms with van der Waals surface area (Å²) in [6.45, 7) is 0. The van der Waals surface area contributed by atoms with E-state index >= 15 is 0 Å². The number of hydrazine groups is 1. The molecule has 1 aromatic carbocycles. The molecule has 96 valence electrons. The van der Waals surface area contributed by atoms with Crippen LogP contribution in [0, 0.1) is 17.1 Å². The number of hydrogen-bond acceptors (Lipinski definition) is 6. The highest BCUT2D eigenvalue weighted by Gasteiger charge is 2.10. The Morgan fingerprint density at radius 2 is 2.05 bits per heavy atom. The molecule has 0 unspecified atom stereocenters. The molecule has 1 aromatic heterocycles. The summed E-state index contributed by atoms with van der Waals surface area (Å²) >= 11 is 3.25. The van der Waals surface area contributed by atoms with Crippen LogP contribution in [0.1, 0.15) is 5.56 Å². The van der Waals surface area contributed by atoms with Crippen molar-refractivity contribution in [2.24, 2.45) is 5.84 Å². The molecule has 19 heavy (non-hydrogen) atoms. The van der Waals surface area contributed by atoms with Crippen LogP contribution in [0.5, 0.6) is 0 Å². The van der Waals surface area contributed by atoms with Crippen molar-refractivity contribution < 1.29 is 4.39 Å². The van der Waals surface area contributed by atoms with Crippen LogP contribution in [0.3, 0.4) is 0 Å². The summed E-state index contributed by atoms with van der Waals surface area (Å²) in [4.78, 5) is 7.85. The Morgan fingerprint density at radius 3 is 2.68 bits per heavy atom. The first-order chi connectivity index (χ1) is 9.15. The average Bonchev–Trinajstić information content (AvgIpc) is 2.43. The molecule has 0 aliphatic carbocycles. The lowest BCUT2D eigenvalue weighted by Gasteiger charge is -2.10. The summed E-state index contributed by atoms with van der Waals surface area (Å²) in [5.74, 6) is 5.44. The fourth-order valence-electron chi connectivity index (χ4n) is 1.37. The quantitative estimate of drug-likeness (QED) is 0.592. The molecule has 4 N–H and O–H groups in total. The highest BCUT2D eigenvalue weighted by molar-refractivity contribution is 9.10.